The van der Waals surface area contributed by atoms with Gasteiger partial charge in [0.15, 0.2) is 0 Å². The van der Waals surface area contributed by atoms with Crippen molar-refractivity contribution < 1.29 is 27.8 Å². The molecule has 1 aliphatic heterocycles. The third-order valence-corrected chi connectivity index (χ3v) is 8.67. The Balaban J connectivity index is 1.42. The number of pyridine rings is 2. The van der Waals surface area contributed by atoms with Gasteiger partial charge in [0, 0.05) is 32.6 Å². The predicted molar refractivity (Wildman–Crippen MR) is 156 cm³/mol. The Hall–Kier alpha value is -3.47. The number of rotatable bonds is 8. The molecule has 1 aromatic carbocycles. The molecule has 4 atom stereocenters. The minimum Gasteiger partial charge on any atom is -0.496 e. The molecule has 0 spiro atoms. The maximum atomic E-state index is 15.6. The predicted octanol–water partition coefficient (Wildman–Crippen LogP) is 5.82. The number of carbonyl (C=O) groups excluding carboxylic acids is 1. The van der Waals surface area contributed by atoms with E-state index in [0.717, 1.165) is 42.9 Å². The van der Waals surface area contributed by atoms with E-state index in [1.165, 1.54) is 19.2 Å². The third-order valence-electron chi connectivity index (χ3n) is 8.67. The van der Waals surface area contributed by atoms with Gasteiger partial charge < -0.3 is 25.3 Å². The molecule has 2 aromatic heterocycles. The smallest absolute Gasteiger partial charge is 0.274 e. The highest BCUT2D eigenvalue weighted by atomic mass is 19.1. The van der Waals surface area contributed by atoms with Crippen molar-refractivity contribution in [3.05, 3.63) is 71.2 Å². The number of hydrogen-bond donors (Lipinski definition) is 2. The first-order valence-corrected chi connectivity index (χ1v) is 14.5. The Morgan fingerprint density at radius 3 is 2.60 bits per heavy atom. The van der Waals surface area contributed by atoms with Crippen molar-refractivity contribution in [1.82, 2.24) is 9.97 Å². The molecule has 5 rings (SSSR count). The van der Waals surface area contributed by atoms with Gasteiger partial charge in [0.05, 0.1) is 30.7 Å². The largest absolute Gasteiger partial charge is 0.496 e. The van der Waals surface area contributed by atoms with Gasteiger partial charge in [0.25, 0.3) is 5.91 Å². The van der Waals surface area contributed by atoms with Crippen LogP contribution in [-0.4, -0.2) is 55.5 Å². The van der Waals surface area contributed by atoms with Crippen molar-refractivity contribution in [3.8, 4) is 17.0 Å². The molecule has 3 aromatic rings. The number of ether oxygens (including phenoxy) is 3. The molecule has 2 aliphatic rings. The summed E-state index contributed by atoms with van der Waals surface area (Å²) in [7, 11) is 3.09. The Morgan fingerprint density at radius 1 is 1.10 bits per heavy atom. The zero-order valence-corrected chi connectivity index (χ0v) is 24.2. The fourth-order valence-corrected chi connectivity index (χ4v) is 6.48. The summed E-state index contributed by atoms with van der Waals surface area (Å²) in [5.74, 6) is -1.34. The molecular weight excluding hydrogens is 542 g/mol. The number of aromatic nitrogens is 2. The number of methoxy groups -OCH3 is 2. The number of halogens is 2. The number of nitrogens with zero attached hydrogens (tertiary/aromatic N) is 2. The number of carbonyl (C=O) groups is 1. The molecule has 3 heterocycles. The van der Waals surface area contributed by atoms with E-state index < -0.39 is 17.5 Å². The summed E-state index contributed by atoms with van der Waals surface area (Å²) in [6, 6.07) is 7.25. The molecule has 1 saturated carbocycles. The monoisotopic (exact) mass is 580 g/mol. The van der Waals surface area contributed by atoms with E-state index in [2.05, 4.69) is 22.2 Å². The normalized spacial score (nSPS) is 23.0. The van der Waals surface area contributed by atoms with Crippen LogP contribution >= 0.6 is 0 Å². The lowest BCUT2D eigenvalue weighted by Gasteiger charge is -2.39. The first-order valence-electron chi connectivity index (χ1n) is 14.5. The minimum atomic E-state index is -0.765. The molecule has 10 heteroatoms. The highest BCUT2D eigenvalue weighted by molar-refractivity contribution is 6.03. The lowest BCUT2D eigenvalue weighted by Crippen LogP contribution is -2.46. The molecule has 8 nitrogen and oxygen atoms in total. The van der Waals surface area contributed by atoms with Gasteiger partial charge in [-0.05, 0) is 84.9 Å². The van der Waals surface area contributed by atoms with Gasteiger partial charge in [0.2, 0.25) is 0 Å². The van der Waals surface area contributed by atoms with Gasteiger partial charge >= 0.3 is 0 Å². The summed E-state index contributed by atoms with van der Waals surface area (Å²) in [5.41, 5.74) is 8.20. The van der Waals surface area contributed by atoms with Gasteiger partial charge in [-0.1, -0.05) is 13.3 Å². The number of nitrogens with two attached hydrogens (primary N) is 1. The van der Waals surface area contributed by atoms with Gasteiger partial charge in [-0.15, -0.1) is 0 Å². The van der Waals surface area contributed by atoms with Crippen LogP contribution in [0.1, 0.15) is 72.5 Å². The maximum absolute atomic E-state index is 15.6. The van der Waals surface area contributed by atoms with Crippen LogP contribution in [0, 0.1) is 17.6 Å². The number of anilines is 1. The van der Waals surface area contributed by atoms with E-state index in [1.54, 1.807) is 25.6 Å². The van der Waals surface area contributed by atoms with Gasteiger partial charge in [-0.2, -0.15) is 0 Å². The molecule has 1 saturated heterocycles. The second-order valence-electron chi connectivity index (χ2n) is 11.1. The average Bonchev–Trinajstić information content (AvgIpc) is 3.01. The summed E-state index contributed by atoms with van der Waals surface area (Å²) in [6.07, 6.45) is 7.27. The number of amides is 1. The van der Waals surface area contributed by atoms with Crippen LogP contribution in [0.5, 0.6) is 5.75 Å². The van der Waals surface area contributed by atoms with Crippen LogP contribution in [0.3, 0.4) is 0 Å². The second-order valence-corrected chi connectivity index (χ2v) is 11.1. The Morgan fingerprint density at radius 2 is 1.88 bits per heavy atom. The van der Waals surface area contributed by atoms with Crippen molar-refractivity contribution in [2.24, 2.45) is 11.7 Å². The standard InChI is InChI=1S/C32H38F2N4O4/c1-4-18-13-21(15-25(35)31(18)41-3)22-7-10-36-17-27(22)38-32(39)26-6-5-23(33)30(37-26)29-24(34)14-20(16-28(29)40-2)19-8-11-42-12-9-19/h5-7,10,14,16-19,21,25,31H,4,8-9,11-13,15,35H2,1-3H3,(H,38,39)/t18-,21+,25+,31-/m0/s1. The van der Waals surface area contributed by atoms with E-state index in [4.69, 9.17) is 19.9 Å². The Labute approximate surface area is 245 Å². The second kappa shape index (κ2) is 13.2. The zero-order chi connectivity index (χ0) is 29.8. The van der Waals surface area contributed by atoms with Crippen molar-refractivity contribution in [2.45, 2.75) is 63.0 Å². The van der Waals surface area contributed by atoms with E-state index in [-0.39, 0.29) is 52.6 Å². The zero-order valence-electron chi connectivity index (χ0n) is 24.2. The molecule has 1 aliphatic carbocycles. The summed E-state index contributed by atoms with van der Waals surface area (Å²) < 4.78 is 47.2. The highest BCUT2D eigenvalue weighted by Crippen LogP contribution is 2.41. The van der Waals surface area contributed by atoms with Crippen LogP contribution in [0.2, 0.25) is 0 Å². The Bertz CT molecular complexity index is 1420. The topological polar surface area (TPSA) is 109 Å². The maximum Gasteiger partial charge on any atom is 0.274 e. The van der Waals surface area contributed by atoms with E-state index >= 15 is 8.78 Å². The van der Waals surface area contributed by atoms with Crippen LogP contribution in [0.25, 0.3) is 11.3 Å². The van der Waals surface area contributed by atoms with Crippen molar-refractivity contribution >= 4 is 11.6 Å². The minimum absolute atomic E-state index is 0.0175. The number of nitrogens with one attached hydrogen (secondary N) is 1. The van der Waals surface area contributed by atoms with Crippen molar-refractivity contribution in [1.29, 1.82) is 0 Å². The third kappa shape index (κ3) is 6.16. The SMILES string of the molecule is CC[C@H]1C[C@@H](c2ccncc2NC(=O)c2ccc(F)c(-c3c(F)cc(C4CCOCC4)cc3OC)n2)C[C@@H](N)[C@H]1OC. The molecular formula is C32H38F2N4O4. The molecule has 0 unspecified atom stereocenters. The lowest BCUT2D eigenvalue weighted by molar-refractivity contribution is 0.00154. The lowest BCUT2D eigenvalue weighted by atomic mass is 9.73. The van der Waals surface area contributed by atoms with E-state index in [1.807, 2.05) is 6.07 Å². The molecule has 2 fully saturated rings. The van der Waals surface area contributed by atoms with Gasteiger partial charge in [0.1, 0.15) is 28.8 Å². The molecule has 42 heavy (non-hydrogen) atoms. The molecule has 3 N–H and O–H groups in total. The van der Waals surface area contributed by atoms with Crippen LogP contribution in [-0.2, 0) is 9.47 Å². The van der Waals surface area contributed by atoms with Gasteiger partial charge in [-0.3, -0.25) is 9.78 Å². The summed E-state index contributed by atoms with van der Waals surface area (Å²) in [5, 5.41) is 2.90. The molecule has 1 amide bonds. The number of hydrogen-bond acceptors (Lipinski definition) is 7. The highest BCUT2D eigenvalue weighted by Gasteiger charge is 2.36. The number of benzene rings is 1. The fraction of sp³-hybridized carbons (Fsp3) is 0.469. The summed E-state index contributed by atoms with van der Waals surface area (Å²) in [4.78, 5) is 21.9. The fourth-order valence-electron chi connectivity index (χ4n) is 6.48. The van der Waals surface area contributed by atoms with Crippen molar-refractivity contribution in [2.75, 3.05) is 32.8 Å². The Kier molecular flexibility index (Phi) is 9.45. The van der Waals surface area contributed by atoms with Crippen LogP contribution in [0.15, 0.2) is 42.7 Å². The first kappa shape index (κ1) is 30.0. The summed E-state index contributed by atoms with van der Waals surface area (Å²) in [6.45, 7) is 3.32. The molecule has 0 bridgehead atoms. The van der Waals surface area contributed by atoms with Crippen LogP contribution < -0.4 is 15.8 Å². The first-order chi connectivity index (χ1) is 20.3. The molecule has 0 radical (unpaired) electrons. The van der Waals surface area contributed by atoms with E-state index in [9.17, 15) is 4.79 Å². The van der Waals surface area contributed by atoms with Crippen LogP contribution in [0.4, 0.5) is 14.5 Å². The summed E-state index contributed by atoms with van der Waals surface area (Å²) >= 11 is 0. The van der Waals surface area contributed by atoms with Gasteiger partial charge in [-0.25, -0.2) is 13.8 Å². The van der Waals surface area contributed by atoms with E-state index in [0.29, 0.717) is 25.3 Å². The quantitative estimate of drug-likeness (QED) is 0.346. The van der Waals surface area contributed by atoms with Crippen molar-refractivity contribution in [3.63, 3.8) is 0 Å². The average molecular weight is 581 g/mol. The molecule has 224 valence electrons.